The summed E-state index contributed by atoms with van der Waals surface area (Å²) in [5, 5.41) is 0. The maximum absolute atomic E-state index is 13.0. The molecule has 4 heterocycles. The summed E-state index contributed by atoms with van der Waals surface area (Å²) in [6, 6.07) is 3.90. The van der Waals surface area contributed by atoms with Gasteiger partial charge in [0.1, 0.15) is 11.9 Å². The van der Waals surface area contributed by atoms with E-state index in [1.54, 1.807) is 18.6 Å². The first kappa shape index (κ1) is 17.2. The summed E-state index contributed by atoms with van der Waals surface area (Å²) < 4.78 is 13.7. The zero-order valence-electron chi connectivity index (χ0n) is 15.0. The molecular formula is C19H24N4O3. The number of likely N-dealkylation sites (tertiary alicyclic amines) is 1. The van der Waals surface area contributed by atoms with Crippen LogP contribution in [0.2, 0.25) is 0 Å². The smallest absolute Gasteiger partial charge is 0.228 e. The lowest BCUT2D eigenvalue weighted by atomic mass is 9.99. The van der Waals surface area contributed by atoms with E-state index in [4.69, 9.17) is 9.47 Å². The highest BCUT2D eigenvalue weighted by Crippen LogP contribution is 2.35. The molecule has 2 aromatic heterocycles. The number of imidazole rings is 1. The molecule has 0 saturated carbocycles. The molecule has 1 amide bonds. The van der Waals surface area contributed by atoms with Gasteiger partial charge in [-0.3, -0.25) is 9.78 Å². The minimum absolute atomic E-state index is 0.0843. The van der Waals surface area contributed by atoms with Crippen molar-refractivity contribution in [1.82, 2.24) is 19.4 Å². The highest BCUT2D eigenvalue weighted by atomic mass is 16.5. The van der Waals surface area contributed by atoms with Gasteiger partial charge in [-0.25, -0.2) is 4.98 Å². The van der Waals surface area contributed by atoms with Crippen molar-refractivity contribution in [3.05, 3.63) is 48.3 Å². The number of aryl methyl sites for hydroxylation is 1. The fraction of sp³-hybridized carbons (Fsp3) is 0.526. The Kier molecular flexibility index (Phi) is 4.99. The number of carbonyl (C=O) groups is 1. The average Bonchev–Trinajstić information content (AvgIpc) is 3.40. The van der Waals surface area contributed by atoms with E-state index in [2.05, 4.69) is 9.97 Å². The SMILES string of the molecule is Cn1ccnc1[C@@H]1OCC[C@H]1C(=O)N1CCC(OCc2ccncc2)C1. The molecule has 1 unspecified atom stereocenters. The minimum atomic E-state index is -0.251. The first-order valence-electron chi connectivity index (χ1n) is 9.10. The van der Waals surface area contributed by atoms with Crippen molar-refractivity contribution in [1.29, 1.82) is 0 Å². The van der Waals surface area contributed by atoms with E-state index in [0.717, 1.165) is 30.8 Å². The first-order valence-corrected chi connectivity index (χ1v) is 9.10. The summed E-state index contributed by atoms with van der Waals surface area (Å²) in [6.07, 6.45) is 8.62. The summed E-state index contributed by atoms with van der Waals surface area (Å²) in [4.78, 5) is 23.3. The number of carbonyl (C=O) groups excluding carboxylic acids is 1. The first-order chi connectivity index (χ1) is 12.7. The van der Waals surface area contributed by atoms with E-state index in [1.807, 2.05) is 34.8 Å². The number of ether oxygens (including phenoxy) is 2. The van der Waals surface area contributed by atoms with Gasteiger partial charge in [-0.05, 0) is 30.5 Å². The summed E-state index contributed by atoms with van der Waals surface area (Å²) in [5.41, 5.74) is 1.10. The van der Waals surface area contributed by atoms with Gasteiger partial charge in [0.15, 0.2) is 0 Å². The predicted molar refractivity (Wildman–Crippen MR) is 94.0 cm³/mol. The second kappa shape index (κ2) is 7.55. The Hall–Kier alpha value is -2.25. The van der Waals surface area contributed by atoms with E-state index in [-0.39, 0.29) is 24.0 Å². The number of aromatic nitrogens is 3. The predicted octanol–water partition coefficient (Wildman–Crippen LogP) is 1.71. The van der Waals surface area contributed by atoms with Crippen LogP contribution in [0.3, 0.4) is 0 Å². The quantitative estimate of drug-likeness (QED) is 0.816. The van der Waals surface area contributed by atoms with Crippen LogP contribution < -0.4 is 0 Å². The normalized spacial score (nSPS) is 25.7. The summed E-state index contributed by atoms with van der Waals surface area (Å²) in [5.74, 6) is 0.825. The van der Waals surface area contributed by atoms with Crippen molar-refractivity contribution in [3.63, 3.8) is 0 Å². The third-order valence-electron chi connectivity index (χ3n) is 5.21. The van der Waals surface area contributed by atoms with E-state index < -0.39 is 0 Å². The highest BCUT2D eigenvalue weighted by molar-refractivity contribution is 5.80. The lowest BCUT2D eigenvalue weighted by Crippen LogP contribution is -2.37. The average molecular weight is 356 g/mol. The Bertz CT molecular complexity index is 748. The Morgan fingerprint density at radius 1 is 1.31 bits per heavy atom. The number of hydrogen-bond donors (Lipinski definition) is 0. The van der Waals surface area contributed by atoms with Crippen molar-refractivity contribution in [2.24, 2.45) is 13.0 Å². The lowest BCUT2D eigenvalue weighted by Gasteiger charge is -2.24. The molecule has 2 aromatic rings. The van der Waals surface area contributed by atoms with Gasteiger partial charge in [-0.2, -0.15) is 0 Å². The number of rotatable bonds is 5. The van der Waals surface area contributed by atoms with Crippen LogP contribution in [0.1, 0.15) is 30.3 Å². The van der Waals surface area contributed by atoms with Crippen molar-refractivity contribution < 1.29 is 14.3 Å². The van der Waals surface area contributed by atoms with E-state index in [0.29, 0.717) is 19.8 Å². The molecule has 0 N–H and O–H groups in total. The van der Waals surface area contributed by atoms with Gasteiger partial charge >= 0.3 is 0 Å². The van der Waals surface area contributed by atoms with E-state index >= 15 is 0 Å². The molecule has 7 heteroatoms. The van der Waals surface area contributed by atoms with Crippen LogP contribution in [0.25, 0.3) is 0 Å². The van der Waals surface area contributed by atoms with Crippen LogP contribution in [0, 0.1) is 5.92 Å². The van der Waals surface area contributed by atoms with Gasteiger partial charge in [0.25, 0.3) is 0 Å². The lowest BCUT2D eigenvalue weighted by molar-refractivity contribution is -0.137. The third kappa shape index (κ3) is 3.50. The maximum atomic E-state index is 13.0. The molecule has 0 aromatic carbocycles. The molecule has 0 bridgehead atoms. The van der Waals surface area contributed by atoms with Gasteiger partial charge in [-0.15, -0.1) is 0 Å². The number of pyridine rings is 1. The molecule has 0 aliphatic carbocycles. The Labute approximate surface area is 152 Å². The largest absolute Gasteiger partial charge is 0.372 e. The molecule has 138 valence electrons. The zero-order chi connectivity index (χ0) is 17.9. The third-order valence-corrected chi connectivity index (χ3v) is 5.21. The number of amides is 1. The minimum Gasteiger partial charge on any atom is -0.372 e. The molecule has 4 rings (SSSR count). The number of hydrogen-bond acceptors (Lipinski definition) is 5. The van der Waals surface area contributed by atoms with Gasteiger partial charge in [-0.1, -0.05) is 0 Å². The van der Waals surface area contributed by atoms with Crippen LogP contribution >= 0.6 is 0 Å². The van der Waals surface area contributed by atoms with Gasteiger partial charge in [0.05, 0.1) is 18.6 Å². The van der Waals surface area contributed by atoms with Crippen molar-refractivity contribution in [3.8, 4) is 0 Å². The Morgan fingerprint density at radius 3 is 2.92 bits per heavy atom. The molecule has 7 nitrogen and oxygen atoms in total. The fourth-order valence-electron chi connectivity index (χ4n) is 3.74. The molecular weight excluding hydrogens is 332 g/mol. The van der Waals surface area contributed by atoms with Crippen molar-refractivity contribution in [2.75, 3.05) is 19.7 Å². The topological polar surface area (TPSA) is 69.5 Å². The zero-order valence-corrected chi connectivity index (χ0v) is 15.0. The Morgan fingerprint density at radius 2 is 2.15 bits per heavy atom. The second-order valence-electron chi connectivity index (χ2n) is 6.94. The second-order valence-corrected chi connectivity index (χ2v) is 6.94. The summed E-state index contributed by atoms with van der Waals surface area (Å²) in [7, 11) is 1.93. The van der Waals surface area contributed by atoms with Crippen LogP contribution in [-0.4, -0.2) is 51.1 Å². The standard InChI is InChI=1S/C19H24N4O3/c1-22-10-8-21-18(22)17-16(5-11-25-17)19(24)23-9-4-15(12-23)26-13-14-2-6-20-7-3-14/h2-3,6-8,10,15-17H,4-5,9,11-13H2,1H3/t15?,16-,17-/m1/s1. The molecule has 0 radical (unpaired) electrons. The molecule has 3 atom stereocenters. The summed E-state index contributed by atoms with van der Waals surface area (Å²) in [6.45, 7) is 2.54. The van der Waals surface area contributed by atoms with Crippen LogP contribution in [0.5, 0.6) is 0 Å². The van der Waals surface area contributed by atoms with Crippen LogP contribution in [0.4, 0.5) is 0 Å². The molecule has 2 fully saturated rings. The molecule has 0 spiro atoms. The van der Waals surface area contributed by atoms with Crippen molar-refractivity contribution in [2.45, 2.75) is 31.7 Å². The van der Waals surface area contributed by atoms with E-state index in [9.17, 15) is 4.79 Å². The van der Waals surface area contributed by atoms with Gasteiger partial charge < -0.3 is 18.9 Å². The molecule has 2 saturated heterocycles. The number of nitrogens with zero attached hydrogens (tertiary/aromatic N) is 4. The van der Waals surface area contributed by atoms with Crippen LogP contribution in [-0.2, 0) is 27.9 Å². The van der Waals surface area contributed by atoms with Crippen molar-refractivity contribution >= 4 is 5.91 Å². The Balaban J connectivity index is 1.34. The molecule has 2 aliphatic rings. The maximum Gasteiger partial charge on any atom is 0.228 e. The van der Waals surface area contributed by atoms with Gasteiger partial charge in [0.2, 0.25) is 5.91 Å². The fourth-order valence-corrected chi connectivity index (χ4v) is 3.74. The summed E-state index contributed by atoms with van der Waals surface area (Å²) >= 11 is 0. The molecule has 26 heavy (non-hydrogen) atoms. The highest BCUT2D eigenvalue weighted by Gasteiger charge is 2.41. The van der Waals surface area contributed by atoms with Crippen LogP contribution in [0.15, 0.2) is 36.9 Å². The van der Waals surface area contributed by atoms with Gasteiger partial charge in [0, 0.05) is 51.5 Å². The van der Waals surface area contributed by atoms with E-state index in [1.165, 1.54) is 0 Å². The molecule has 2 aliphatic heterocycles. The monoisotopic (exact) mass is 356 g/mol.